The maximum atomic E-state index is 8.74. The number of benzene rings is 1. The van der Waals surface area contributed by atoms with Crippen LogP contribution in [0.25, 0.3) is 0 Å². The fraction of sp³-hybridized carbons (Fsp3) is 0.100. The monoisotopic (exact) mass is 233 g/mol. The van der Waals surface area contributed by atoms with Crippen LogP contribution in [-0.2, 0) is 5.75 Å². The molecule has 0 spiro atoms. The molecule has 0 unspecified atom stereocenters. The maximum absolute atomic E-state index is 8.74. The van der Waals surface area contributed by atoms with E-state index >= 15 is 0 Å². The molecule has 0 fully saturated rings. The second kappa shape index (κ2) is 4.91. The second-order valence-electron chi connectivity index (χ2n) is 2.81. The van der Waals surface area contributed by atoms with Crippen LogP contribution in [0.4, 0.5) is 0 Å². The fourth-order valence-corrected chi connectivity index (χ4v) is 2.49. The molecule has 0 saturated carbocycles. The first-order valence-corrected chi connectivity index (χ1v) is 6.03. The van der Waals surface area contributed by atoms with Gasteiger partial charge in [0.2, 0.25) is 0 Å². The Balaban J connectivity index is 2.02. The number of thioether (sulfide) groups is 1. The molecule has 0 aliphatic rings. The number of rotatable bonds is 3. The lowest BCUT2D eigenvalue weighted by Gasteiger charge is -1.98. The van der Waals surface area contributed by atoms with Crippen LogP contribution in [-0.4, -0.2) is 9.36 Å². The van der Waals surface area contributed by atoms with E-state index in [2.05, 4.69) is 15.4 Å². The van der Waals surface area contributed by atoms with Gasteiger partial charge in [0.25, 0.3) is 0 Å². The highest BCUT2D eigenvalue weighted by molar-refractivity contribution is 8.00. The number of nitrogens with zero attached hydrogens (tertiary/aromatic N) is 3. The molecule has 2 aromatic rings. The first kappa shape index (κ1) is 10.1. The Morgan fingerprint density at radius 1 is 1.47 bits per heavy atom. The van der Waals surface area contributed by atoms with Gasteiger partial charge in [-0.2, -0.15) is 9.64 Å². The zero-order chi connectivity index (χ0) is 10.5. The lowest BCUT2D eigenvalue weighted by molar-refractivity contribution is 1.21. The molecule has 74 valence electrons. The molecule has 2 rings (SSSR count). The predicted molar refractivity (Wildman–Crippen MR) is 60.6 cm³/mol. The van der Waals surface area contributed by atoms with Crippen LogP contribution in [0.2, 0.25) is 0 Å². The fourth-order valence-electron chi connectivity index (χ4n) is 1.10. The van der Waals surface area contributed by atoms with Crippen LogP contribution in [0.5, 0.6) is 0 Å². The smallest absolute Gasteiger partial charge is 0.170 e. The average molecular weight is 233 g/mol. The molecule has 0 bridgehead atoms. The van der Waals surface area contributed by atoms with Crippen molar-refractivity contribution in [1.29, 1.82) is 5.26 Å². The van der Waals surface area contributed by atoms with E-state index in [9.17, 15) is 0 Å². The summed E-state index contributed by atoms with van der Waals surface area (Å²) in [5.41, 5.74) is 1.83. The van der Waals surface area contributed by atoms with E-state index in [4.69, 9.17) is 5.26 Å². The summed E-state index contributed by atoms with van der Waals surface area (Å²) < 4.78 is 4.88. The van der Waals surface area contributed by atoms with Crippen molar-refractivity contribution in [2.75, 3.05) is 0 Å². The van der Waals surface area contributed by atoms with Gasteiger partial charge in [0, 0.05) is 5.75 Å². The molecule has 0 radical (unpaired) electrons. The summed E-state index contributed by atoms with van der Waals surface area (Å²) in [4.78, 5) is 4.08. The first-order chi connectivity index (χ1) is 7.38. The molecular weight excluding hydrogens is 226 g/mol. The van der Waals surface area contributed by atoms with E-state index < -0.39 is 0 Å². The van der Waals surface area contributed by atoms with E-state index in [0.717, 1.165) is 15.7 Å². The maximum Gasteiger partial charge on any atom is 0.170 e. The Hall–Kier alpha value is -1.38. The van der Waals surface area contributed by atoms with Crippen molar-refractivity contribution in [3.05, 3.63) is 41.7 Å². The third kappa shape index (κ3) is 2.78. The third-order valence-corrected chi connectivity index (χ3v) is 3.63. The molecule has 0 saturated heterocycles. The summed E-state index contributed by atoms with van der Waals surface area (Å²) in [6, 6.07) is 9.73. The Labute approximate surface area is 96.0 Å². The largest absolute Gasteiger partial charge is 0.216 e. The minimum absolute atomic E-state index is 0.699. The van der Waals surface area contributed by atoms with Crippen LogP contribution in [0, 0.1) is 11.3 Å². The van der Waals surface area contributed by atoms with Crippen LogP contribution < -0.4 is 0 Å². The van der Waals surface area contributed by atoms with E-state index in [1.165, 1.54) is 11.5 Å². The van der Waals surface area contributed by atoms with Gasteiger partial charge < -0.3 is 0 Å². The quantitative estimate of drug-likeness (QED) is 0.765. The summed E-state index contributed by atoms with van der Waals surface area (Å²) in [5.74, 6) is 0.824. The third-order valence-electron chi connectivity index (χ3n) is 1.76. The molecule has 1 aromatic heterocycles. The van der Waals surface area contributed by atoms with Crippen LogP contribution in [0.15, 0.2) is 34.9 Å². The normalized spacial score (nSPS) is 9.80. The van der Waals surface area contributed by atoms with Crippen molar-refractivity contribution >= 4 is 23.3 Å². The number of aromatic nitrogens is 2. The van der Waals surface area contributed by atoms with E-state index in [0.29, 0.717) is 5.56 Å². The SMILES string of the molecule is N#Cc1cccc(CSc2ncns2)c1. The molecule has 1 heterocycles. The first-order valence-electron chi connectivity index (χ1n) is 4.27. The highest BCUT2D eigenvalue weighted by Crippen LogP contribution is 2.23. The summed E-state index contributed by atoms with van der Waals surface area (Å²) in [6.07, 6.45) is 1.55. The van der Waals surface area contributed by atoms with Gasteiger partial charge in [-0.25, -0.2) is 4.98 Å². The topological polar surface area (TPSA) is 49.6 Å². The summed E-state index contributed by atoms with van der Waals surface area (Å²) >= 11 is 3.02. The van der Waals surface area contributed by atoms with Crippen LogP contribution >= 0.6 is 23.3 Å². The van der Waals surface area contributed by atoms with Gasteiger partial charge in [-0.15, -0.1) is 0 Å². The molecular formula is C10H7N3S2. The molecule has 0 aliphatic carbocycles. The minimum Gasteiger partial charge on any atom is -0.216 e. The number of hydrogen-bond acceptors (Lipinski definition) is 5. The molecule has 0 aliphatic heterocycles. The van der Waals surface area contributed by atoms with Gasteiger partial charge >= 0.3 is 0 Å². The van der Waals surface area contributed by atoms with Gasteiger partial charge in [-0.3, -0.25) is 0 Å². The lowest BCUT2D eigenvalue weighted by atomic mass is 10.2. The zero-order valence-electron chi connectivity index (χ0n) is 7.75. The van der Waals surface area contributed by atoms with Gasteiger partial charge in [0.15, 0.2) is 4.34 Å². The molecule has 0 amide bonds. The highest BCUT2D eigenvalue weighted by atomic mass is 32.2. The minimum atomic E-state index is 0.699. The van der Waals surface area contributed by atoms with Crippen molar-refractivity contribution in [1.82, 2.24) is 9.36 Å². The van der Waals surface area contributed by atoms with Crippen molar-refractivity contribution < 1.29 is 0 Å². The Bertz CT molecular complexity index is 474. The van der Waals surface area contributed by atoms with E-state index in [-0.39, 0.29) is 0 Å². The van der Waals surface area contributed by atoms with Crippen molar-refractivity contribution in [2.24, 2.45) is 0 Å². The molecule has 15 heavy (non-hydrogen) atoms. The van der Waals surface area contributed by atoms with Crippen molar-refractivity contribution in [3.63, 3.8) is 0 Å². The standard InChI is InChI=1S/C10H7N3S2/c11-5-8-2-1-3-9(4-8)6-14-10-12-7-13-15-10/h1-4,7H,6H2. The Morgan fingerprint density at radius 3 is 3.13 bits per heavy atom. The van der Waals surface area contributed by atoms with E-state index in [1.807, 2.05) is 18.2 Å². The highest BCUT2D eigenvalue weighted by Gasteiger charge is 1.99. The zero-order valence-corrected chi connectivity index (χ0v) is 9.38. The predicted octanol–water partition coefficient (Wildman–Crippen LogP) is 2.70. The molecule has 0 N–H and O–H groups in total. The summed E-state index contributed by atoms with van der Waals surface area (Å²) in [7, 11) is 0. The summed E-state index contributed by atoms with van der Waals surface area (Å²) in [5, 5.41) is 8.74. The van der Waals surface area contributed by atoms with Gasteiger partial charge in [-0.05, 0) is 29.2 Å². The summed E-state index contributed by atoms with van der Waals surface area (Å²) in [6.45, 7) is 0. The molecule has 5 heteroatoms. The number of hydrogen-bond donors (Lipinski definition) is 0. The van der Waals surface area contributed by atoms with E-state index in [1.54, 1.807) is 24.2 Å². The van der Waals surface area contributed by atoms with Crippen LogP contribution in [0.3, 0.4) is 0 Å². The van der Waals surface area contributed by atoms with Crippen LogP contribution in [0.1, 0.15) is 11.1 Å². The average Bonchev–Trinajstić information content (AvgIpc) is 2.79. The molecule has 1 aromatic carbocycles. The molecule has 3 nitrogen and oxygen atoms in total. The van der Waals surface area contributed by atoms with Gasteiger partial charge in [-0.1, -0.05) is 23.9 Å². The number of nitriles is 1. The lowest BCUT2D eigenvalue weighted by Crippen LogP contribution is -1.82. The van der Waals surface area contributed by atoms with Gasteiger partial charge in [0.05, 0.1) is 11.6 Å². The Morgan fingerprint density at radius 2 is 2.40 bits per heavy atom. The molecule has 0 atom stereocenters. The van der Waals surface area contributed by atoms with Crippen molar-refractivity contribution in [2.45, 2.75) is 10.1 Å². The van der Waals surface area contributed by atoms with Crippen molar-refractivity contribution in [3.8, 4) is 6.07 Å². The Kier molecular flexibility index (Phi) is 3.33. The second-order valence-corrected chi connectivity index (χ2v) is 4.81. The van der Waals surface area contributed by atoms with Gasteiger partial charge in [0.1, 0.15) is 6.33 Å².